The number of carbonyl (C=O) groups is 1. The lowest BCUT2D eigenvalue weighted by atomic mass is 10.1. The number of rotatable bonds is 5. The highest BCUT2D eigenvalue weighted by Crippen LogP contribution is 2.25. The molecule has 0 aliphatic carbocycles. The van der Waals surface area contributed by atoms with Crippen LogP contribution in [0.25, 0.3) is 0 Å². The van der Waals surface area contributed by atoms with Gasteiger partial charge in [-0.1, -0.05) is 35.3 Å². The van der Waals surface area contributed by atoms with Crippen LogP contribution in [0.3, 0.4) is 0 Å². The Morgan fingerprint density at radius 3 is 2.82 bits per heavy atom. The number of benzene rings is 1. The predicted molar refractivity (Wildman–Crippen MR) is 87.0 cm³/mol. The lowest BCUT2D eigenvalue weighted by molar-refractivity contribution is 0.0950. The molecule has 118 valence electrons. The Hall–Kier alpha value is -1.72. The van der Waals surface area contributed by atoms with Crippen LogP contribution in [-0.4, -0.2) is 29.3 Å². The van der Waals surface area contributed by atoms with E-state index in [4.69, 9.17) is 27.9 Å². The zero-order valence-electron chi connectivity index (χ0n) is 12.6. The highest BCUT2D eigenvalue weighted by Gasteiger charge is 2.20. The largest absolute Gasteiger partial charge is 0.481 e. The van der Waals surface area contributed by atoms with Crippen LogP contribution in [0.15, 0.2) is 18.2 Å². The van der Waals surface area contributed by atoms with Crippen molar-refractivity contribution in [3.05, 3.63) is 45.1 Å². The van der Waals surface area contributed by atoms with Gasteiger partial charge in [-0.2, -0.15) is 5.10 Å². The molecule has 0 aliphatic heterocycles. The summed E-state index contributed by atoms with van der Waals surface area (Å²) in [6, 6.07) is 5.45. The van der Waals surface area contributed by atoms with Gasteiger partial charge in [0.2, 0.25) is 5.88 Å². The molecule has 1 amide bonds. The number of hydrogen-bond donors (Lipinski definition) is 1. The fraction of sp³-hybridized carbons (Fsp3) is 0.333. The van der Waals surface area contributed by atoms with Crippen molar-refractivity contribution in [2.75, 3.05) is 13.7 Å². The molecule has 7 heteroatoms. The first kappa shape index (κ1) is 16.6. The minimum Gasteiger partial charge on any atom is -0.481 e. The van der Waals surface area contributed by atoms with Gasteiger partial charge in [0.25, 0.3) is 5.91 Å². The van der Waals surface area contributed by atoms with Crippen LogP contribution >= 0.6 is 23.2 Å². The van der Waals surface area contributed by atoms with Crippen molar-refractivity contribution < 1.29 is 9.53 Å². The quantitative estimate of drug-likeness (QED) is 0.909. The molecule has 0 saturated carbocycles. The molecule has 0 fully saturated rings. The van der Waals surface area contributed by atoms with Crippen molar-refractivity contribution in [1.82, 2.24) is 15.1 Å². The summed E-state index contributed by atoms with van der Waals surface area (Å²) >= 11 is 12.1. The Morgan fingerprint density at radius 2 is 2.14 bits per heavy atom. The third kappa shape index (κ3) is 3.36. The number of nitrogens with one attached hydrogen (secondary N) is 1. The molecule has 1 heterocycles. The Labute approximate surface area is 139 Å². The Kier molecular flexibility index (Phi) is 5.32. The number of aryl methyl sites for hydroxylation is 2. The van der Waals surface area contributed by atoms with Crippen LogP contribution in [0.2, 0.25) is 10.0 Å². The summed E-state index contributed by atoms with van der Waals surface area (Å²) in [5.41, 5.74) is 1.96. The molecular formula is C15H17Cl2N3O2. The van der Waals surface area contributed by atoms with Gasteiger partial charge < -0.3 is 10.1 Å². The summed E-state index contributed by atoms with van der Waals surface area (Å²) in [5, 5.41) is 8.07. The number of aromatic nitrogens is 2. The maximum absolute atomic E-state index is 12.3. The molecule has 0 saturated heterocycles. The van der Waals surface area contributed by atoms with E-state index in [2.05, 4.69) is 10.4 Å². The summed E-state index contributed by atoms with van der Waals surface area (Å²) < 4.78 is 6.76. The molecule has 1 aromatic carbocycles. The Bertz CT molecular complexity index is 698. The van der Waals surface area contributed by atoms with Gasteiger partial charge in [-0.05, 0) is 25.0 Å². The van der Waals surface area contributed by atoms with Crippen molar-refractivity contribution >= 4 is 29.1 Å². The van der Waals surface area contributed by atoms with E-state index in [9.17, 15) is 4.79 Å². The highest BCUT2D eigenvalue weighted by atomic mass is 35.5. The van der Waals surface area contributed by atoms with E-state index in [-0.39, 0.29) is 5.91 Å². The summed E-state index contributed by atoms with van der Waals surface area (Å²) in [7, 11) is 3.24. The zero-order chi connectivity index (χ0) is 16.3. The second-order valence-corrected chi connectivity index (χ2v) is 5.60. The van der Waals surface area contributed by atoms with Crippen molar-refractivity contribution in [3.63, 3.8) is 0 Å². The molecule has 0 spiro atoms. The first-order valence-electron chi connectivity index (χ1n) is 6.74. The summed E-state index contributed by atoms with van der Waals surface area (Å²) in [6.07, 6.45) is 0.590. The monoisotopic (exact) mass is 341 g/mol. The third-order valence-corrected chi connectivity index (χ3v) is 4.16. The SMILES string of the molecule is COc1c(C(=O)NCCc2cccc(Cl)c2Cl)c(C)nn1C. The van der Waals surface area contributed by atoms with Gasteiger partial charge in [-0.3, -0.25) is 4.79 Å². The molecule has 1 N–H and O–H groups in total. The first-order chi connectivity index (χ1) is 10.5. The topological polar surface area (TPSA) is 56.1 Å². The van der Waals surface area contributed by atoms with E-state index >= 15 is 0 Å². The number of halogens is 2. The molecular weight excluding hydrogens is 325 g/mol. The molecule has 0 bridgehead atoms. The van der Waals surface area contributed by atoms with Crippen LogP contribution in [0.5, 0.6) is 5.88 Å². The van der Waals surface area contributed by atoms with E-state index < -0.39 is 0 Å². The van der Waals surface area contributed by atoms with Crippen LogP contribution in [0, 0.1) is 6.92 Å². The van der Waals surface area contributed by atoms with Crippen molar-refractivity contribution in [1.29, 1.82) is 0 Å². The minimum atomic E-state index is -0.222. The average molecular weight is 342 g/mol. The molecule has 5 nitrogen and oxygen atoms in total. The first-order valence-corrected chi connectivity index (χ1v) is 7.50. The van der Waals surface area contributed by atoms with Crippen LogP contribution in [-0.2, 0) is 13.5 Å². The van der Waals surface area contributed by atoms with E-state index in [1.54, 1.807) is 20.0 Å². The number of methoxy groups -OCH3 is 1. The third-order valence-electron chi connectivity index (χ3n) is 3.30. The van der Waals surface area contributed by atoms with Crippen LogP contribution < -0.4 is 10.1 Å². The van der Waals surface area contributed by atoms with E-state index in [0.29, 0.717) is 40.1 Å². The second-order valence-electron chi connectivity index (χ2n) is 4.81. The Morgan fingerprint density at radius 1 is 1.41 bits per heavy atom. The number of amides is 1. The molecule has 0 unspecified atom stereocenters. The highest BCUT2D eigenvalue weighted by molar-refractivity contribution is 6.42. The normalized spacial score (nSPS) is 10.6. The number of nitrogens with zero attached hydrogens (tertiary/aromatic N) is 2. The smallest absolute Gasteiger partial charge is 0.258 e. The van der Waals surface area contributed by atoms with Crippen molar-refractivity contribution in [3.8, 4) is 5.88 Å². The second kappa shape index (κ2) is 7.03. The lowest BCUT2D eigenvalue weighted by Crippen LogP contribution is -2.26. The fourth-order valence-electron chi connectivity index (χ4n) is 2.27. The molecule has 0 aliphatic rings. The predicted octanol–water partition coefficient (Wildman–Crippen LogP) is 3.02. The van der Waals surface area contributed by atoms with Gasteiger partial charge in [-0.25, -0.2) is 4.68 Å². The minimum absolute atomic E-state index is 0.222. The summed E-state index contributed by atoms with van der Waals surface area (Å²) in [5.74, 6) is 0.219. The zero-order valence-corrected chi connectivity index (χ0v) is 14.1. The lowest BCUT2D eigenvalue weighted by Gasteiger charge is -2.08. The summed E-state index contributed by atoms with van der Waals surface area (Å²) in [6.45, 7) is 2.21. The fourth-order valence-corrected chi connectivity index (χ4v) is 2.69. The summed E-state index contributed by atoms with van der Waals surface area (Å²) in [4.78, 5) is 12.3. The van der Waals surface area contributed by atoms with Crippen molar-refractivity contribution in [2.45, 2.75) is 13.3 Å². The Balaban J connectivity index is 2.03. The maximum atomic E-state index is 12.3. The van der Waals surface area contributed by atoms with Gasteiger partial charge >= 0.3 is 0 Å². The van der Waals surface area contributed by atoms with Gasteiger partial charge in [-0.15, -0.1) is 0 Å². The molecule has 1 aromatic heterocycles. The number of ether oxygens (including phenoxy) is 1. The van der Waals surface area contributed by atoms with E-state index in [1.807, 2.05) is 12.1 Å². The van der Waals surface area contributed by atoms with Crippen LogP contribution in [0.4, 0.5) is 0 Å². The van der Waals surface area contributed by atoms with Crippen LogP contribution in [0.1, 0.15) is 21.6 Å². The molecule has 0 radical (unpaired) electrons. The van der Waals surface area contributed by atoms with Gasteiger partial charge in [0.05, 0.1) is 22.8 Å². The average Bonchev–Trinajstić information content (AvgIpc) is 2.77. The molecule has 22 heavy (non-hydrogen) atoms. The molecule has 2 rings (SSSR count). The van der Waals surface area contributed by atoms with Gasteiger partial charge in [0.15, 0.2) is 0 Å². The standard InChI is InChI=1S/C15H17Cl2N3O2/c1-9-12(15(22-3)20(2)19-9)14(21)18-8-7-10-5-4-6-11(16)13(10)17/h4-6H,7-8H2,1-3H3,(H,18,21). The number of hydrogen-bond acceptors (Lipinski definition) is 3. The van der Waals surface area contributed by atoms with E-state index in [0.717, 1.165) is 5.56 Å². The number of carbonyl (C=O) groups excluding carboxylic acids is 1. The van der Waals surface area contributed by atoms with Gasteiger partial charge in [0, 0.05) is 13.6 Å². The van der Waals surface area contributed by atoms with Crippen molar-refractivity contribution in [2.24, 2.45) is 7.05 Å². The van der Waals surface area contributed by atoms with E-state index in [1.165, 1.54) is 11.8 Å². The maximum Gasteiger partial charge on any atom is 0.258 e. The van der Waals surface area contributed by atoms with Gasteiger partial charge in [0.1, 0.15) is 5.56 Å². The molecule has 0 atom stereocenters. The molecule has 2 aromatic rings.